The van der Waals surface area contributed by atoms with Crippen LogP contribution in [0.2, 0.25) is 0 Å². The molecule has 0 radical (unpaired) electrons. The highest BCUT2D eigenvalue weighted by molar-refractivity contribution is 5.29. The lowest BCUT2D eigenvalue weighted by atomic mass is 9.77. The first kappa shape index (κ1) is 28.6. The Morgan fingerprint density at radius 3 is 1.54 bits per heavy atom. The first-order chi connectivity index (χ1) is 17.3. The van der Waals surface area contributed by atoms with Crippen LogP contribution in [0.15, 0.2) is 24.3 Å². The highest BCUT2D eigenvalue weighted by Crippen LogP contribution is 2.38. The van der Waals surface area contributed by atoms with Crippen LogP contribution in [-0.2, 0) is 0 Å². The summed E-state index contributed by atoms with van der Waals surface area (Å²) in [5.41, 5.74) is 1.55. The predicted octanol–water partition coefficient (Wildman–Crippen LogP) is 11.3. The Morgan fingerprint density at radius 1 is 0.543 bits per heavy atom. The van der Waals surface area contributed by atoms with Crippen LogP contribution in [0.3, 0.4) is 0 Å². The topological polar surface area (TPSA) is 9.23 Å². The summed E-state index contributed by atoms with van der Waals surface area (Å²) in [6, 6.07) is 9.18. The highest BCUT2D eigenvalue weighted by atomic mass is 16.5. The van der Waals surface area contributed by atoms with Crippen molar-refractivity contribution in [2.75, 3.05) is 6.61 Å². The molecule has 0 bridgehead atoms. The van der Waals surface area contributed by atoms with Gasteiger partial charge < -0.3 is 4.74 Å². The van der Waals surface area contributed by atoms with Crippen molar-refractivity contribution in [1.29, 1.82) is 0 Å². The molecule has 0 N–H and O–H groups in total. The number of hydrogen-bond acceptors (Lipinski definition) is 1. The first-order valence-electron chi connectivity index (χ1n) is 16.0. The summed E-state index contributed by atoms with van der Waals surface area (Å²) < 4.78 is 6.13. The molecule has 0 aromatic heterocycles. The fourth-order valence-corrected chi connectivity index (χ4v) is 6.89. The summed E-state index contributed by atoms with van der Waals surface area (Å²) in [7, 11) is 0. The molecule has 2 aliphatic carbocycles. The molecule has 2 saturated carbocycles. The van der Waals surface area contributed by atoms with E-state index in [1.54, 1.807) is 5.56 Å². The number of rotatable bonds is 17. The standard InChI is InChI=1S/C34H58O/c1-3-5-7-9-11-14-30-20-22-32(23-21-30)33-24-26-34(27-25-33)35-28-12-15-31-18-16-29(17-19-31)13-10-8-6-4-2/h24-27,29-32H,3-23,28H2,1-2H3/t29-,30-,31-,32-. The summed E-state index contributed by atoms with van der Waals surface area (Å²) in [6.45, 7) is 5.51. The zero-order valence-electron chi connectivity index (χ0n) is 23.6. The molecule has 0 aliphatic heterocycles. The summed E-state index contributed by atoms with van der Waals surface area (Å²) in [6.07, 6.45) is 30.0. The molecule has 3 rings (SSSR count). The fourth-order valence-electron chi connectivity index (χ4n) is 6.89. The van der Waals surface area contributed by atoms with Crippen molar-refractivity contribution in [3.8, 4) is 5.75 Å². The van der Waals surface area contributed by atoms with Crippen molar-refractivity contribution < 1.29 is 4.74 Å². The second-order valence-corrected chi connectivity index (χ2v) is 12.2. The number of unbranched alkanes of at least 4 members (excludes halogenated alkanes) is 7. The molecule has 1 aromatic rings. The molecule has 2 aliphatic rings. The van der Waals surface area contributed by atoms with Crippen LogP contribution in [-0.4, -0.2) is 6.61 Å². The van der Waals surface area contributed by atoms with Gasteiger partial charge in [0.15, 0.2) is 0 Å². The van der Waals surface area contributed by atoms with Crippen LogP contribution < -0.4 is 4.74 Å². The molecule has 1 nitrogen and oxygen atoms in total. The van der Waals surface area contributed by atoms with Crippen molar-refractivity contribution >= 4 is 0 Å². The van der Waals surface area contributed by atoms with E-state index >= 15 is 0 Å². The normalized spacial score (nSPS) is 25.0. The van der Waals surface area contributed by atoms with Gasteiger partial charge in [-0.15, -0.1) is 0 Å². The molecule has 0 saturated heterocycles. The molecule has 1 aromatic carbocycles. The van der Waals surface area contributed by atoms with E-state index in [0.717, 1.165) is 36.0 Å². The van der Waals surface area contributed by atoms with Crippen LogP contribution in [0.25, 0.3) is 0 Å². The predicted molar refractivity (Wildman–Crippen MR) is 153 cm³/mol. The molecule has 0 spiro atoms. The van der Waals surface area contributed by atoms with Crippen molar-refractivity contribution in [2.45, 2.75) is 155 Å². The van der Waals surface area contributed by atoms with E-state index in [9.17, 15) is 0 Å². The Kier molecular flexibility index (Phi) is 14.3. The van der Waals surface area contributed by atoms with Gasteiger partial charge in [-0.2, -0.15) is 0 Å². The van der Waals surface area contributed by atoms with Crippen LogP contribution in [0.5, 0.6) is 5.75 Å². The number of hydrogen-bond donors (Lipinski definition) is 0. The van der Waals surface area contributed by atoms with Gasteiger partial charge in [-0.05, 0) is 79.9 Å². The van der Waals surface area contributed by atoms with E-state index in [2.05, 4.69) is 38.1 Å². The molecule has 200 valence electrons. The molecule has 0 atom stereocenters. The summed E-state index contributed by atoms with van der Waals surface area (Å²) in [5, 5.41) is 0. The molecular weight excluding hydrogens is 424 g/mol. The largest absolute Gasteiger partial charge is 0.494 e. The third kappa shape index (κ3) is 11.3. The maximum atomic E-state index is 6.13. The third-order valence-corrected chi connectivity index (χ3v) is 9.37. The van der Waals surface area contributed by atoms with E-state index in [1.807, 2.05) is 0 Å². The van der Waals surface area contributed by atoms with Crippen molar-refractivity contribution in [3.63, 3.8) is 0 Å². The third-order valence-electron chi connectivity index (χ3n) is 9.37. The Labute approximate surface area is 219 Å². The first-order valence-corrected chi connectivity index (χ1v) is 16.0. The smallest absolute Gasteiger partial charge is 0.119 e. The Bertz CT molecular complexity index is 618. The molecule has 35 heavy (non-hydrogen) atoms. The Morgan fingerprint density at radius 2 is 1.00 bits per heavy atom. The van der Waals surface area contributed by atoms with E-state index in [4.69, 9.17) is 4.74 Å². The molecule has 0 amide bonds. The Hall–Kier alpha value is -0.980. The minimum absolute atomic E-state index is 0.780. The monoisotopic (exact) mass is 482 g/mol. The lowest BCUT2D eigenvalue weighted by Crippen LogP contribution is -2.15. The van der Waals surface area contributed by atoms with Crippen molar-refractivity contribution in [1.82, 2.24) is 0 Å². The SMILES string of the molecule is CCCCCCC[C@H]1CC[C@H](c2ccc(OCCC[C@H]3CC[C@H](CCCCCC)CC3)cc2)CC1. The van der Waals surface area contributed by atoms with Gasteiger partial charge in [-0.3, -0.25) is 0 Å². The maximum absolute atomic E-state index is 6.13. The maximum Gasteiger partial charge on any atom is 0.119 e. The molecule has 2 fully saturated rings. The van der Waals surface area contributed by atoms with Crippen LogP contribution in [0, 0.1) is 17.8 Å². The molecule has 1 heteroatoms. The van der Waals surface area contributed by atoms with E-state index in [-0.39, 0.29) is 0 Å². The van der Waals surface area contributed by atoms with Crippen LogP contribution >= 0.6 is 0 Å². The zero-order chi connectivity index (χ0) is 24.6. The van der Waals surface area contributed by atoms with Gasteiger partial charge in [-0.25, -0.2) is 0 Å². The van der Waals surface area contributed by atoms with Crippen molar-refractivity contribution in [3.05, 3.63) is 29.8 Å². The van der Waals surface area contributed by atoms with Gasteiger partial charge in [0.25, 0.3) is 0 Å². The second kappa shape index (κ2) is 17.5. The minimum Gasteiger partial charge on any atom is -0.494 e. The number of benzene rings is 1. The lowest BCUT2D eigenvalue weighted by Gasteiger charge is -2.29. The average molecular weight is 483 g/mol. The van der Waals surface area contributed by atoms with Crippen LogP contribution in [0.4, 0.5) is 0 Å². The summed E-state index contributed by atoms with van der Waals surface area (Å²) in [4.78, 5) is 0. The summed E-state index contributed by atoms with van der Waals surface area (Å²) >= 11 is 0. The average Bonchev–Trinajstić information content (AvgIpc) is 2.90. The van der Waals surface area contributed by atoms with Crippen LogP contribution in [0.1, 0.15) is 160 Å². The van der Waals surface area contributed by atoms with Gasteiger partial charge in [0.2, 0.25) is 0 Å². The quantitative estimate of drug-likeness (QED) is 0.201. The van der Waals surface area contributed by atoms with E-state index < -0.39 is 0 Å². The van der Waals surface area contributed by atoms with Gasteiger partial charge in [0.05, 0.1) is 6.61 Å². The minimum atomic E-state index is 0.780. The summed E-state index contributed by atoms with van der Waals surface area (Å²) in [5.74, 6) is 4.84. The zero-order valence-corrected chi connectivity index (χ0v) is 23.6. The fraction of sp³-hybridized carbons (Fsp3) is 0.824. The van der Waals surface area contributed by atoms with Gasteiger partial charge in [-0.1, -0.05) is 122 Å². The van der Waals surface area contributed by atoms with Gasteiger partial charge >= 0.3 is 0 Å². The Balaban J connectivity index is 1.22. The van der Waals surface area contributed by atoms with E-state index in [1.165, 1.54) is 135 Å². The molecular formula is C34H58O. The molecule has 0 unspecified atom stereocenters. The van der Waals surface area contributed by atoms with Gasteiger partial charge in [0.1, 0.15) is 5.75 Å². The molecule has 0 heterocycles. The number of ether oxygens (including phenoxy) is 1. The van der Waals surface area contributed by atoms with Gasteiger partial charge in [0, 0.05) is 0 Å². The van der Waals surface area contributed by atoms with E-state index in [0.29, 0.717) is 0 Å². The van der Waals surface area contributed by atoms with Crippen molar-refractivity contribution in [2.24, 2.45) is 17.8 Å². The highest BCUT2D eigenvalue weighted by Gasteiger charge is 2.22. The second-order valence-electron chi connectivity index (χ2n) is 12.2. The lowest BCUT2D eigenvalue weighted by molar-refractivity contribution is 0.228.